The fourth-order valence-electron chi connectivity index (χ4n) is 6.03. The summed E-state index contributed by atoms with van der Waals surface area (Å²) in [6, 6.07) is 16.8. The summed E-state index contributed by atoms with van der Waals surface area (Å²) in [5.41, 5.74) is 1.25. The standard InChI is InChI=1S/C36H37NO6/c1-20(38)26-32(41)27(23-18-24(35(2,3)4)31(40)25(19-23)36(5,6)7)29-28(30(39)21-14-10-8-11-15-21)33(43-37(29)34(26)42)22-16-12-9-13-17-22/h8-19,28-29,33,41H,1-7H3/t28-,29-,33-/m0/s1. The van der Waals surface area contributed by atoms with Crippen LogP contribution in [-0.2, 0) is 19.2 Å². The molecule has 3 aliphatic rings. The molecule has 1 amide bonds. The lowest BCUT2D eigenvalue weighted by molar-refractivity contribution is -0.184. The second-order valence-corrected chi connectivity index (χ2v) is 13.4. The zero-order valence-electron chi connectivity index (χ0n) is 25.6. The zero-order chi connectivity index (χ0) is 31.4. The molecular formula is C36H37NO6. The maximum Gasteiger partial charge on any atom is 0.285 e. The lowest BCUT2D eigenvalue weighted by Crippen LogP contribution is -2.47. The summed E-state index contributed by atoms with van der Waals surface area (Å²) in [5, 5.41) is 12.9. The van der Waals surface area contributed by atoms with E-state index in [1.807, 2.05) is 77.9 Å². The highest BCUT2D eigenvalue weighted by Crippen LogP contribution is 2.50. The van der Waals surface area contributed by atoms with Crippen LogP contribution in [0.3, 0.4) is 0 Å². The second kappa shape index (κ2) is 10.7. The quantitative estimate of drug-likeness (QED) is 0.323. The largest absolute Gasteiger partial charge is 0.507 e. The van der Waals surface area contributed by atoms with Gasteiger partial charge < -0.3 is 5.11 Å². The van der Waals surface area contributed by atoms with Gasteiger partial charge in [-0.3, -0.25) is 24.0 Å². The molecule has 2 aromatic carbocycles. The molecule has 2 aromatic rings. The van der Waals surface area contributed by atoms with E-state index in [2.05, 4.69) is 0 Å². The predicted octanol–water partition coefficient (Wildman–Crippen LogP) is 6.61. The van der Waals surface area contributed by atoms with E-state index in [9.17, 15) is 24.3 Å². The number of amides is 1. The molecule has 7 heteroatoms. The molecule has 2 aliphatic heterocycles. The number of hydrogen-bond acceptors (Lipinski definition) is 6. The maximum atomic E-state index is 14.4. The van der Waals surface area contributed by atoms with E-state index >= 15 is 0 Å². The average Bonchev–Trinajstić information content (AvgIpc) is 3.33. The highest BCUT2D eigenvalue weighted by molar-refractivity contribution is 6.20. The van der Waals surface area contributed by atoms with Crippen LogP contribution in [-0.4, -0.2) is 39.5 Å². The number of aliphatic hydroxyl groups excluding tert-OH is 1. The minimum atomic E-state index is -1.08. The fourth-order valence-corrected chi connectivity index (χ4v) is 6.03. The Morgan fingerprint density at radius 3 is 1.81 bits per heavy atom. The van der Waals surface area contributed by atoms with Crippen LogP contribution in [0.4, 0.5) is 0 Å². The summed E-state index contributed by atoms with van der Waals surface area (Å²) in [6.07, 6.45) is 2.55. The summed E-state index contributed by atoms with van der Waals surface area (Å²) in [6.45, 7) is 12.8. The highest BCUT2D eigenvalue weighted by atomic mass is 16.7. The second-order valence-electron chi connectivity index (χ2n) is 13.4. The molecule has 0 radical (unpaired) electrons. The maximum absolute atomic E-state index is 14.4. The summed E-state index contributed by atoms with van der Waals surface area (Å²) in [4.78, 5) is 61.0. The topological polar surface area (TPSA) is 101 Å². The van der Waals surface area contributed by atoms with Crippen molar-refractivity contribution in [2.45, 2.75) is 60.6 Å². The van der Waals surface area contributed by atoms with Crippen LogP contribution in [0.1, 0.15) is 70.5 Å². The van der Waals surface area contributed by atoms with Crippen molar-refractivity contribution < 1.29 is 29.1 Å². The number of benzene rings is 2. The molecule has 0 spiro atoms. The number of allylic oxidation sites excluding steroid dienone is 5. The van der Waals surface area contributed by atoms with Gasteiger partial charge in [-0.05, 0) is 41.0 Å². The first kappa shape index (κ1) is 30.1. The van der Waals surface area contributed by atoms with Gasteiger partial charge in [0, 0.05) is 22.3 Å². The van der Waals surface area contributed by atoms with Crippen LogP contribution in [0, 0.1) is 16.7 Å². The van der Waals surface area contributed by atoms with Crippen LogP contribution in [0.5, 0.6) is 0 Å². The minimum Gasteiger partial charge on any atom is -0.507 e. The number of aliphatic hydroxyl groups is 1. The number of carbonyl (C=O) groups is 4. The molecule has 0 aromatic heterocycles. The molecule has 0 unspecified atom stereocenters. The molecule has 3 atom stereocenters. The third kappa shape index (κ3) is 5.23. The predicted molar refractivity (Wildman–Crippen MR) is 163 cm³/mol. The van der Waals surface area contributed by atoms with E-state index in [0.717, 1.165) is 5.06 Å². The first-order valence-corrected chi connectivity index (χ1v) is 14.4. The lowest BCUT2D eigenvalue weighted by Gasteiger charge is -2.36. The van der Waals surface area contributed by atoms with Crippen molar-refractivity contribution in [2.24, 2.45) is 16.7 Å². The van der Waals surface area contributed by atoms with E-state index in [1.54, 1.807) is 36.4 Å². The zero-order valence-corrected chi connectivity index (χ0v) is 25.6. The van der Waals surface area contributed by atoms with Crippen LogP contribution < -0.4 is 0 Å². The molecule has 1 aliphatic carbocycles. The van der Waals surface area contributed by atoms with Gasteiger partial charge in [-0.15, -0.1) is 0 Å². The van der Waals surface area contributed by atoms with Gasteiger partial charge in [0.05, 0.1) is 5.92 Å². The normalized spacial score (nSPS) is 22.9. The van der Waals surface area contributed by atoms with Gasteiger partial charge in [0.2, 0.25) is 0 Å². The van der Waals surface area contributed by atoms with Gasteiger partial charge in [0.15, 0.2) is 17.3 Å². The monoisotopic (exact) mass is 579 g/mol. The first-order valence-electron chi connectivity index (χ1n) is 14.4. The Hall–Kier alpha value is -4.36. The van der Waals surface area contributed by atoms with Gasteiger partial charge in [0.25, 0.3) is 5.91 Å². The SMILES string of the molecule is CC(=O)C1=C(O)C(=C2C=C(C(C)(C)C)C(=O)C(C(C)(C)C)=C2)[C@H]2[C@@H](C(=O)c3ccccc3)[C@H](c3ccccc3)ON2C1=O. The van der Waals surface area contributed by atoms with Crippen LogP contribution in [0.15, 0.2) is 106 Å². The molecular weight excluding hydrogens is 542 g/mol. The Morgan fingerprint density at radius 1 is 0.814 bits per heavy atom. The summed E-state index contributed by atoms with van der Waals surface area (Å²) >= 11 is 0. The Labute approximate surface area is 252 Å². The molecule has 43 heavy (non-hydrogen) atoms. The van der Waals surface area contributed by atoms with Crippen molar-refractivity contribution in [3.8, 4) is 0 Å². The number of fused-ring (bicyclic) bond motifs is 1. The van der Waals surface area contributed by atoms with Gasteiger partial charge >= 0.3 is 0 Å². The third-order valence-corrected chi connectivity index (χ3v) is 8.21. The van der Waals surface area contributed by atoms with Crippen LogP contribution in [0.25, 0.3) is 0 Å². The summed E-state index contributed by atoms with van der Waals surface area (Å²) in [5.74, 6) is -3.30. The molecule has 0 bridgehead atoms. The number of nitrogens with zero attached hydrogens (tertiary/aromatic N) is 1. The van der Waals surface area contributed by atoms with E-state index < -0.39 is 51.9 Å². The Bertz CT molecular complexity index is 1610. The Kier molecular flexibility index (Phi) is 7.51. The summed E-state index contributed by atoms with van der Waals surface area (Å²) in [7, 11) is 0. The smallest absolute Gasteiger partial charge is 0.285 e. The molecule has 2 heterocycles. The molecule has 1 N–H and O–H groups in total. The number of hydrogen-bond donors (Lipinski definition) is 1. The van der Waals surface area contributed by atoms with Gasteiger partial charge in [-0.2, -0.15) is 0 Å². The lowest BCUT2D eigenvalue weighted by atomic mass is 9.70. The van der Waals surface area contributed by atoms with Crippen molar-refractivity contribution in [3.05, 3.63) is 118 Å². The molecule has 7 nitrogen and oxygen atoms in total. The van der Waals surface area contributed by atoms with Gasteiger partial charge in [0.1, 0.15) is 23.5 Å². The number of carbonyl (C=O) groups excluding carboxylic acids is 4. The van der Waals surface area contributed by atoms with Crippen molar-refractivity contribution >= 4 is 23.3 Å². The van der Waals surface area contributed by atoms with Crippen molar-refractivity contribution in [2.75, 3.05) is 0 Å². The minimum absolute atomic E-state index is 0.106. The average molecular weight is 580 g/mol. The van der Waals surface area contributed by atoms with Gasteiger partial charge in [-0.1, -0.05) is 102 Å². The molecule has 0 saturated carbocycles. The molecule has 1 fully saturated rings. The molecule has 5 rings (SSSR count). The number of rotatable bonds is 4. The molecule has 222 valence electrons. The Morgan fingerprint density at radius 2 is 1.33 bits per heavy atom. The number of hydroxylamine groups is 2. The Balaban J connectivity index is 1.86. The van der Waals surface area contributed by atoms with E-state index in [1.165, 1.54) is 6.92 Å². The number of ketones is 3. The van der Waals surface area contributed by atoms with E-state index in [0.29, 0.717) is 27.8 Å². The van der Waals surface area contributed by atoms with E-state index in [4.69, 9.17) is 4.84 Å². The van der Waals surface area contributed by atoms with Crippen LogP contribution >= 0.6 is 0 Å². The fraction of sp³-hybridized carbons (Fsp3) is 0.333. The van der Waals surface area contributed by atoms with Gasteiger partial charge in [-0.25, -0.2) is 5.06 Å². The third-order valence-electron chi connectivity index (χ3n) is 8.21. The van der Waals surface area contributed by atoms with Crippen molar-refractivity contribution in [1.82, 2.24) is 5.06 Å². The first-order chi connectivity index (χ1) is 20.1. The van der Waals surface area contributed by atoms with E-state index in [-0.39, 0.29) is 17.1 Å². The highest BCUT2D eigenvalue weighted by Gasteiger charge is 2.57. The summed E-state index contributed by atoms with van der Waals surface area (Å²) < 4.78 is 0. The molecule has 1 saturated heterocycles. The van der Waals surface area contributed by atoms with Crippen LogP contribution in [0.2, 0.25) is 0 Å². The van der Waals surface area contributed by atoms with Crippen molar-refractivity contribution in [1.29, 1.82) is 0 Å². The number of Topliss-reactive ketones (excluding diaryl/α,β-unsaturated/α-hetero) is 3. The van der Waals surface area contributed by atoms with Crippen molar-refractivity contribution in [3.63, 3.8) is 0 Å².